The highest BCUT2D eigenvalue weighted by atomic mass is 16.6. The van der Waals surface area contributed by atoms with E-state index in [0.29, 0.717) is 30.7 Å². The Balaban J connectivity index is 2.41. The summed E-state index contributed by atoms with van der Waals surface area (Å²) >= 11 is 0. The summed E-state index contributed by atoms with van der Waals surface area (Å²) in [5.41, 5.74) is 11.4. The molecule has 0 saturated carbocycles. The number of unbranched alkanes of at least 4 members (excludes halogenated alkanes) is 4. The largest absolute Gasteiger partial charge is 0.484 e. The molecule has 2 unspecified atom stereocenters. The quantitative estimate of drug-likeness (QED) is 0.164. The zero-order chi connectivity index (χ0) is 22.1. The molecule has 0 spiro atoms. The van der Waals surface area contributed by atoms with Crippen molar-refractivity contribution in [3.8, 4) is 5.75 Å². The van der Waals surface area contributed by atoms with Gasteiger partial charge < -0.3 is 26.6 Å². The van der Waals surface area contributed by atoms with Gasteiger partial charge in [-0.05, 0) is 57.7 Å². The molecule has 0 radical (unpaired) electrons. The summed E-state index contributed by atoms with van der Waals surface area (Å²) in [6, 6.07) is 2.62. The molecule has 0 fully saturated rings. The summed E-state index contributed by atoms with van der Waals surface area (Å²) in [6.45, 7) is 5.60. The zero-order valence-electron chi connectivity index (χ0n) is 18.4. The molecule has 0 aromatic heterocycles. The van der Waals surface area contributed by atoms with Crippen molar-refractivity contribution >= 4 is 11.4 Å². The minimum atomic E-state index is -0.766. The number of nitrogens with zero attached hydrogens (tertiary/aromatic N) is 1. The van der Waals surface area contributed by atoms with Crippen LogP contribution in [-0.2, 0) is 0 Å². The van der Waals surface area contributed by atoms with E-state index < -0.39 is 16.6 Å². The number of benzene rings is 1. The van der Waals surface area contributed by atoms with Crippen molar-refractivity contribution in [1.29, 1.82) is 0 Å². The predicted octanol–water partition coefficient (Wildman–Crippen LogP) is 3.81. The van der Waals surface area contributed by atoms with Gasteiger partial charge in [0.2, 0.25) is 0 Å². The molecule has 170 valence electrons. The number of aliphatic hydroxyl groups excluding tert-OH is 1. The second-order valence-corrected chi connectivity index (χ2v) is 8.31. The number of nitro benzene ring substituents is 1. The van der Waals surface area contributed by atoms with Gasteiger partial charge in [-0.15, -0.1) is 0 Å². The van der Waals surface area contributed by atoms with Crippen molar-refractivity contribution in [3.05, 3.63) is 27.8 Å². The molecule has 1 aliphatic rings. The Kier molecular flexibility index (Phi) is 9.33. The molecule has 0 bridgehead atoms. The molecule has 0 saturated heterocycles. The lowest BCUT2D eigenvalue weighted by molar-refractivity contribution is -0.384. The van der Waals surface area contributed by atoms with E-state index in [4.69, 9.17) is 16.2 Å². The number of nitrogens with two attached hydrogens (primary N) is 2. The van der Waals surface area contributed by atoms with Gasteiger partial charge in [0.15, 0.2) is 0 Å². The molecule has 2 rings (SSSR count). The fraction of sp³-hybridized carbons (Fsp3) is 0.727. The maximum atomic E-state index is 11.5. The van der Waals surface area contributed by atoms with Gasteiger partial charge in [0.1, 0.15) is 23.1 Å². The van der Waals surface area contributed by atoms with Crippen LogP contribution in [0.15, 0.2) is 12.1 Å². The number of nitro groups is 1. The number of aliphatic hydroxyl groups is 1. The maximum absolute atomic E-state index is 11.5. The Morgan fingerprint density at radius 3 is 2.40 bits per heavy atom. The van der Waals surface area contributed by atoms with Crippen molar-refractivity contribution < 1.29 is 14.8 Å². The van der Waals surface area contributed by atoms with E-state index in [9.17, 15) is 15.2 Å². The fourth-order valence-corrected chi connectivity index (χ4v) is 4.25. The van der Waals surface area contributed by atoms with E-state index >= 15 is 0 Å². The Bertz CT molecular complexity index is 690. The van der Waals surface area contributed by atoms with Gasteiger partial charge in [0.05, 0.1) is 17.0 Å². The van der Waals surface area contributed by atoms with Crippen molar-refractivity contribution in [2.24, 2.45) is 5.73 Å². The Morgan fingerprint density at radius 1 is 1.17 bits per heavy atom. The molecule has 1 aliphatic heterocycles. The van der Waals surface area contributed by atoms with Crippen LogP contribution in [0.5, 0.6) is 5.75 Å². The summed E-state index contributed by atoms with van der Waals surface area (Å²) < 4.78 is 6.39. The topological polar surface area (TPSA) is 137 Å². The summed E-state index contributed by atoms with van der Waals surface area (Å²) in [5.74, 6) is 0.452. The average Bonchev–Trinajstić information content (AvgIpc) is 2.72. The van der Waals surface area contributed by atoms with E-state index in [0.717, 1.165) is 51.5 Å². The molecule has 0 aliphatic carbocycles. The third-order valence-corrected chi connectivity index (χ3v) is 6.01. The molecule has 8 heteroatoms. The van der Waals surface area contributed by atoms with Crippen LogP contribution in [-0.4, -0.2) is 34.8 Å². The van der Waals surface area contributed by atoms with Crippen LogP contribution < -0.4 is 21.5 Å². The van der Waals surface area contributed by atoms with E-state index in [1.54, 1.807) is 6.07 Å². The molecule has 6 N–H and O–H groups in total. The van der Waals surface area contributed by atoms with E-state index in [1.165, 1.54) is 6.07 Å². The number of nitrogen functional groups attached to an aromatic ring is 1. The van der Waals surface area contributed by atoms with Gasteiger partial charge in [0, 0.05) is 5.56 Å². The third-order valence-electron chi connectivity index (χ3n) is 6.01. The number of hydrogen-bond acceptors (Lipinski definition) is 7. The first-order valence-electron chi connectivity index (χ1n) is 11.3. The Hall–Kier alpha value is -1.90. The average molecular weight is 423 g/mol. The highest BCUT2D eigenvalue weighted by Gasteiger charge is 2.48. The molecule has 30 heavy (non-hydrogen) atoms. The van der Waals surface area contributed by atoms with Gasteiger partial charge in [-0.2, -0.15) is 0 Å². The molecule has 2 atom stereocenters. The second kappa shape index (κ2) is 11.5. The summed E-state index contributed by atoms with van der Waals surface area (Å²) in [6.07, 6.45) is 7.34. The fourth-order valence-electron chi connectivity index (χ4n) is 4.25. The van der Waals surface area contributed by atoms with Crippen LogP contribution in [0.1, 0.15) is 83.2 Å². The Labute approximate surface area is 179 Å². The number of anilines is 1. The summed E-state index contributed by atoms with van der Waals surface area (Å²) in [7, 11) is 0. The van der Waals surface area contributed by atoms with Crippen molar-refractivity contribution in [1.82, 2.24) is 5.32 Å². The number of fused-ring (bicyclic) bond motifs is 1. The lowest BCUT2D eigenvalue weighted by atomic mass is 9.77. The second-order valence-electron chi connectivity index (χ2n) is 8.31. The van der Waals surface area contributed by atoms with Crippen molar-refractivity contribution in [3.63, 3.8) is 0 Å². The van der Waals surface area contributed by atoms with Crippen LogP contribution in [0.2, 0.25) is 0 Å². The van der Waals surface area contributed by atoms with Gasteiger partial charge in [0.25, 0.3) is 5.69 Å². The first-order chi connectivity index (χ1) is 14.4. The highest BCUT2D eigenvalue weighted by Crippen LogP contribution is 2.47. The minimum Gasteiger partial charge on any atom is -0.484 e. The maximum Gasteiger partial charge on any atom is 0.295 e. The molecular formula is C22H38N4O4. The molecule has 1 aromatic rings. The molecule has 1 heterocycles. The van der Waals surface area contributed by atoms with Gasteiger partial charge in [-0.25, -0.2) is 0 Å². The number of hydrogen-bond donors (Lipinski definition) is 4. The molecule has 1 aromatic carbocycles. The number of ether oxygens (including phenoxy) is 1. The lowest BCUT2D eigenvalue weighted by Gasteiger charge is -2.47. The standard InChI is InChI=1S/C22H38N4O4/c1-3-5-10-22(11-6-4-2)21(27)20(25-13-9-7-8-12-23)16-14-17(24)18(26(28)29)15-19(16)30-22/h14-15,20-21,25,27H,3-13,23-24H2,1-2H3. The zero-order valence-corrected chi connectivity index (χ0v) is 18.4. The highest BCUT2D eigenvalue weighted by molar-refractivity contribution is 5.65. The van der Waals surface area contributed by atoms with Crippen molar-refractivity contribution in [2.75, 3.05) is 18.8 Å². The van der Waals surface area contributed by atoms with E-state index in [-0.39, 0.29) is 17.4 Å². The van der Waals surface area contributed by atoms with Crippen LogP contribution in [0, 0.1) is 10.1 Å². The van der Waals surface area contributed by atoms with Crippen molar-refractivity contribution in [2.45, 2.75) is 89.4 Å². The lowest BCUT2D eigenvalue weighted by Crippen LogP contribution is -2.56. The van der Waals surface area contributed by atoms with E-state index in [1.807, 2.05) is 0 Å². The number of nitrogens with one attached hydrogen (secondary N) is 1. The molecular weight excluding hydrogens is 384 g/mol. The minimum absolute atomic E-state index is 0.0825. The predicted molar refractivity (Wildman–Crippen MR) is 120 cm³/mol. The van der Waals surface area contributed by atoms with Gasteiger partial charge >= 0.3 is 0 Å². The van der Waals surface area contributed by atoms with Gasteiger partial charge in [-0.3, -0.25) is 10.1 Å². The SMILES string of the molecule is CCCCC1(CCCC)Oc2cc([N+](=O)[O-])c(N)cc2C(NCCCCCN)C1O. The normalized spacial score (nSPS) is 19.9. The van der Waals surface area contributed by atoms with Crippen LogP contribution in [0.25, 0.3) is 0 Å². The monoisotopic (exact) mass is 422 g/mol. The van der Waals surface area contributed by atoms with Crippen LogP contribution in [0.4, 0.5) is 11.4 Å². The van der Waals surface area contributed by atoms with Crippen LogP contribution in [0.3, 0.4) is 0 Å². The van der Waals surface area contributed by atoms with Crippen LogP contribution >= 0.6 is 0 Å². The molecule has 8 nitrogen and oxygen atoms in total. The summed E-state index contributed by atoms with van der Waals surface area (Å²) in [4.78, 5) is 10.9. The molecule has 0 amide bonds. The smallest absolute Gasteiger partial charge is 0.295 e. The van der Waals surface area contributed by atoms with Gasteiger partial charge in [-0.1, -0.05) is 33.1 Å². The first kappa shape index (κ1) is 24.4. The first-order valence-corrected chi connectivity index (χ1v) is 11.3. The Morgan fingerprint density at radius 2 is 1.83 bits per heavy atom. The number of rotatable bonds is 13. The van der Waals surface area contributed by atoms with E-state index in [2.05, 4.69) is 19.2 Å². The summed E-state index contributed by atoms with van der Waals surface area (Å²) in [5, 5.41) is 26.4. The third kappa shape index (κ3) is 5.62.